The van der Waals surface area contributed by atoms with Crippen LogP contribution in [0.4, 0.5) is 5.13 Å². The molecule has 2 atom stereocenters. The van der Waals surface area contributed by atoms with Crippen molar-refractivity contribution in [3.63, 3.8) is 0 Å². The Balaban J connectivity index is 1.75. The van der Waals surface area contributed by atoms with Gasteiger partial charge in [0, 0.05) is 30.1 Å². The van der Waals surface area contributed by atoms with Gasteiger partial charge in [-0.15, -0.1) is 11.3 Å². The Hall–Kier alpha value is -0.610. The third-order valence-electron chi connectivity index (χ3n) is 5.00. The minimum atomic E-state index is 0.628. The molecule has 0 bridgehead atoms. The number of aromatic nitrogens is 1. The maximum Gasteiger partial charge on any atom is 0.186 e. The molecule has 2 fully saturated rings. The predicted octanol–water partition coefficient (Wildman–Crippen LogP) is 3.97. The summed E-state index contributed by atoms with van der Waals surface area (Å²) in [5.41, 5.74) is 1.34. The first kappa shape index (κ1) is 15.3. The fourth-order valence-electron chi connectivity index (χ4n) is 3.19. The third-order valence-corrected chi connectivity index (χ3v) is 6.14. The lowest BCUT2D eigenvalue weighted by molar-refractivity contribution is 0.363. The molecule has 1 aliphatic heterocycles. The molecule has 2 heterocycles. The molecule has 1 N–H and O–H groups in total. The van der Waals surface area contributed by atoms with Gasteiger partial charge in [0.1, 0.15) is 0 Å². The van der Waals surface area contributed by atoms with Crippen LogP contribution in [0.3, 0.4) is 0 Å². The molecule has 3 rings (SSSR count). The lowest BCUT2D eigenvalue weighted by atomic mass is 9.93. The quantitative estimate of drug-likeness (QED) is 0.862. The second-order valence-electron chi connectivity index (χ2n) is 6.82. The van der Waals surface area contributed by atoms with Crippen LogP contribution in [0.5, 0.6) is 0 Å². The van der Waals surface area contributed by atoms with Gasteiger partial charge in [-0.2, -0.15) is 0 Å². The summed E-state index contributed by atoms with van der Waals surface area (Å²) in [6.07, 6.45) is 7.69. The van der Waals surface area contributed by atoms with Crippen molar-refractivity contribution >= 4 is 16.5 Å². The van der Waals surface area contributed by atoms with Crippen LogP contribution in [0.25, 0.3) is 0 Å². The van der Waals surface area contributed by atoms with Crippen molar-refractivity contribution < 1.29 is 0 Å². The van der Waals surface area contributed by atoms with E-state index in [1.54, 1.807) is 0 Å². The molecule has 1 aliphatic carbocycles. The smallest absolute Gasteiger partial charge is 0.186 e. The Bertz CT molecular complexity index is 467. The van der Waals surface area contributed by atoms with Gasteiger partial charge in [0.05, 0.1) is 5.69 Å². The molecule has 1 saturated heterocycles. The van der Waals surface area contributed by atoms with Crippen LogP contribution >= 0.6 is 11.3 Å². The number of aryl methyl sites for hydroxylation is 1. The van der Waals surface area contributed by atoms with Gasteiger partial charge in [-0.1, -0.05) is 20.3 Å². The molecule has 1 saturated carbocycles. The van der Waals surface area contributed by atoms with Crippen molar-refractivity contribution in [2.75, 3.05) is 11.4 Å². The van der Waals surface area contributed by atoms with E-state index >= 15 is 0 Å². The summed E-state index contributed by atoms with van der Waals surface area (Å²) in [5.74, 6) is 0.783. The standard InChI is InChI=1S/C17H29N3S/c1-4-6-15-16(11-18-14-8-9-14)21-17(19-15)20-10-5-7-12(2)13(20)3/h12-14,18H,4-11H2,1-3H3. The maximum atomic E-state index is 5.01. The van der Waals surface area contributed by atoms with Gasteiger partial charge in [0.25, 0.3) is 0 Å². The Labute approximate surface area is 133 Å². The highest BCUT2D eigenvalue weighted by Gasteiger charge is 2.28. The summed E-state index contributed by atoms with van der Waals surface area (Å²) >= 11 is 1.93. The fraction of sp³-hybridized carbons (Fsp3) is 0.824. The van der Waals surface area contributed by atoms with Crippen LogP contribution in [0.1, 0.15) is 63.4 Å². The number of rotatable bonds is 6. The summed E-state index contributed by atoms with van der Waals surface area (Å²) in [6.45, 7) is 9.21. The first-order valence-electron chi connectivity index (χ1n) is 8.67. The zero-order chi connectivity index (χ0) is 14.8. The predicted molar refractivity (Wildman–Crippen MR) is 91.2 cm³/mol. The normalized spacial score (nSPS) is 26.3. The summed E-state index contributed by atoms with van der Waals surface area (Å²) in [4.78, 5) is 9.04. The molecule has 4 heteroatoms. The van der Waals surface area contributed by atoms with E-state index in [1.165, 1.54) is 54.4 Å². The first-order valence-corrected chi connectivity index (χ1v) is 9.49. The molecule has 0 amide bonds. The Morgan fingerprint density at radius 2 is 2.10 bits per heavy atom. The second-order valence-corrected chi connectivity index (χ2v) is 7.89. The number of nitrogens with zero attached hydrogens (tertiary/aromatic N) is 2. The molecule has 2 unspecified atom stereocenters. The Morgan fingerprint density at radius 3 is 2.81 bits per heavy atom. The van der Waals surface area contributed by atoms with Gasteiger partial charge in [-0.3, -0.25) is 0 Å². The van der Waals surface area contributed by atoms with Crippen LogP contribution in [0, 0.1) is 5.92 Å². The average molecular weight is 308 g/mol. The van der Waals surface area contributed by atoms with Gasteiger partial charge in [0.15, 0.2) is 5.13 Å². The number of thiazole rings is 1. The van der Waals surface area contributed by atoms with E-state index in [2.05, 4.69) is 31.0 Å². The van der Waals surface area contributed by atoms with Crippen LogP contribution in [0.2, 0.25) is 0 Å². The SMILES string of the molecule is CCCc1nc(N2CCCC(C)C2C)sc1CNC1CC1. The lowest BCUT2D eigenvalue weighted by Crippen LogP contribution is -2.42. The van der Waals surface area contributed by atoms with Crippen LogP contribution < -0.4 is 10.2 Å². The number of anilines is 1. The first-order chi connectivity index (χ1) is 10.2. The van der Waals surface area contributed by atoms with E-state index in [1.807, 2.05) is 11.3 Å². The van der Waals surface area contributed by atoms with Gasteiger partial charge < -0.3 is 10.2 Å². The highest BCUT2D eigenvalue weighted by Crippen LogP contribution is 2.34. The second kappa shape index (κ2) is 6.66. The summed E-state index contributed by atoms with van der Waals surface area (Å²) in [7, 11) is 0. The van der Waals surface area contributed by atoms with Crippen molar-refractivity contribution in [1.82, 2.24) is 10.3 Å². The molecular weight excluding hydrogens is 278 g/mol. The van der Waals surface area contributed by atoms with E-state index < -0.39 is 0 Å². The zero-order valence-corrected chi connectivity index (χ0v) is 14.5. The molecule has 2 aliphatic rings. The third kappa shape index (κ3) is 3.59. The summed E-state index contributed by atoms with van der Waals surface area (Å²) in [6, 6.07) is 1.41. The van der Waals surface area contributed by atoms with Crippen molar-refractivity contribution in [1.29, 1.82) is 0 Å². The average Bonchev–Trinajstić information content (AvgIpc) is 3.22. The number of piperidine rings is 1. The van der Waals surface area contributed by atoms with E-state index in [0.717, 1.165) is 24.9 Å². The highest BCUT2D eigenvalue weighted by atomic mass is 32.1. The Kier molecular flexibility index (Phi) is 4.85. The van der Waals surface area contributed by atoms with E-state index in [0.29, 0.717) is 6.04 Å². The van der Waals surface area contributed by atoms with Crippen LogP contribution in [-0.2, 0) is 13.0 Å². The van der Waals surface area contributed by atoms with Crippen molar-refractivity contribution in [3.05, 3.63) is 10.6 Å². The van der Waals surface area contributed by atoms with E-state index in [4.69, 9.17) is 4.98 Å². The maximum absolute atomic E-state index is 5.01. The molecule has 118 valence electrons. The molecular formula is C17H29N3S. The number of hydrogen-bond acceptors (Lipinski definition) is 4. The Morgan fingerprint density at radius 1 is 1.29 bits per heavy atom. The van der Waals surface area contributed by atoms with E-state index in [9.17, 15) is 0 Å². The molecule has 1 aromatic rings. The molecule has 0 radical (unpaired) electrons. The minimum absolute atomic E-state index is 0.628. The van der Waals surface area contributed by atoms with E-state index in [-0.39, 0.29) is 0 Å². The van der Waals surface area contributed by atoms with Gasteiger partial charge in [-0.25, -0.2) is 4.98 Å². The fourth-order valence-corrected chi connectivity index (χ4v) is 4.36. The molecule has 1 aromatic heterocycles. The van der Waals surface area contributed by atoms with Gasteiger partial charge in [-0.05, 0) is 44.9 Å². The van der Waals surface area contributed by atoms with Crippen LogP contribution in [0.15, 0.2) is 0 Å². The highest BCUT2D eigenvalue weighted by molar-refractivity contribution is 7.15. The largest absolute Gasteiger partial charge is 0.345 e. The number of hydrogen-bond donors (Lipinski definition) is 1. The summed E-state index contributed by atoms with van der Waals surface area (Å²) < 4.78 is 0. The molecule has 0 aromatic carbocycles. The topological polar surface area (TPSA) is 28.2 Å². The van der Waals surface area contributed by atoms with Crippen molar-refractivity contribution in [2.24, 2.45) is 5.92 Å². The molecule has 21 heavy (non-hydrogen) atoms. The van der Waals surface area contributed by atoms with Crippen molar-refractivity contribution in [3.8, 4) is 0 Å². The monoisotopic (exact) mass is 307 g/mol. The van der Waals surface area contributed by atoms with Crippen LogP contribution in [-0.4, -0.2) is 23.6 Å². The molecule has 3 nitrogen and oxygen atoms in total. The van der Waals surface area contributed by atoms with Gasteiger partial charge in [0.2, 0.25) is 0 Å². The lowest BCUT2D eigenvalue weighted by Gasteiger charge is -2.37. The number of nitrogens with one attached hydrogen (secondary N) is 1. The zero-order valence-electron chi connectivity index (χ0n) is 13.7. The summed E-state index contributed by atoms with van der Waals surface area (Å²) in [5, 5.41) is 4.93. The minimum Gasteiger partial charge on any atom is -0.345 e. The molecule has 0 spiro atoms. The van der Waals surface area contributed by atoms with Crippen molar-refractivity contribution in [2.45, 2.75) is 77.9 Å². The van der Waals surface area contributed by atoms with Gasteiger partial charge >= 0.3 is 0 Å².